The second kappa shape index (κ2) is 5.04. The highest BCUT2D eigenvalue weighted by molar-refractivity contribution is 5.93. The highest BCUT2D eigenvalue weighted by atomic mass is 15.1. The molecule has 0 bridgehead atoms. The number of rotatable bonds is 2. The van der Waals surface area contributed by atoms with Crippen LogP contribution in [0, 0.1) is 6.92 Å². The third kappa shape index (κ3) is 1.95. The van der Waals surface area contributed by atoms with Crippen molar-refractivity contribution in [2.24, 2.45) is 0 Å². The zero-order valence-electron chi connectivity index (χ0n) is 12.0. The summed E-state index contributed by atoms with van der Waals surface area (Å²) in [5.41, 5.74) is 4.91. The maximum absolute atomic E-state index is 4.58. The van der Waals surface area contributed by atoms with Crippen LogP contribution < -0.4 is 0 Å². The summed E-state index contributed by atoms with van der Waals surface area (Å²) < 4.78 is 1.98. The maximum Gasteiger partial charge on any atom is 0.138 e. The second-order valence-electron chi connectivity index (χ2n) is 5.00. The van der Waals surface area contributed by atoms with E-state index in [4.69, 9.17) is 0 Å². The molecular formula is C17H13N5. The maximum atomic E-state index is 4.58. The van der Waals surface area contributed by atoms with E-state index in [1.807, 2.05) is 54.1 Å². The predicted molar refractivity (Wildman–Crippen MR) is 84.6 cm³/mol. The molecule has 0 N–H and O–H groups in total. The minimum absolute atomic E-state index is 0.850. The number of imidazole rings is 1. The Kier molecular flexibility index (Phi) is 2.89. The molecule has 106 valence electrons. The van der Waals surface area contributed by atoms with Crippen LogP contribution >= 0.6 is 0 Å². The molecule has 3 heterocycles. The minimum Gasteiger partial charge on any atom is -0.283 e. The molecule has 1 aromatic carbocycles. The van der Waals surface area contributed by atoms with E-state index in [1.165, 1.54) is 0 Å². The standard InChI is InChI=1S/C17H13N5/c1-12-14(9-18-10-20-12)13-5-4-6-15-17(13)21-11-22(15)16-7-2-3-8-19-16/h2-11H,1H3. The molecule has 5 nitrogen and oxygen atoms in total. The van der Waals surface area contributed by atoms with E-state index in [-0.39, 0.29) is 0 Å². The van der Waals surface area contributed by atoms with Crippen LogP contribution in [0.2, 0.25) is 0 Å². The molecule has 0 aliphatic heterocycles. The lowest BCUT2D eigenvalue weighted by Gasteiger charge is -2.06. The molecule has 4 aromatic rings. The highest BCUT2D eigenvalue weighted by Gasteiger charge is 2.12. The molecule has 0 spiro atoms. The Bertz CT molecular complexity index is 944. The Balaban J connectivity index is 1.97. The van der Waals surface area contributed by atoms with Gasteiger partial charge >= 0.3 is 0 Å². The van der Waals surface area contributed by atoms with E-state index < -0.39 is 0 Å². The van der Waals surface area contributed by atoms with Gasteiger partial charge in [-0.3, -0.25) is 4.57 Å². The van der Waals surface area contributed by atoms with E-state index in [0.717, 1.165) is 33.7 Å². The number of fused-ring (bicyclic) bond motifs is 1. The molecule has 0 amide bonds. The number of para-hydroxylation sites is 1. The Morgan fingerprint density at radius 1 is 0.909 bits per heavy atom. The van der Waals surface area contributed by atoms with Crippen LogP contribution in [-0.2, 0) is 0 Å². The highest BCUT2D eigenvalue weighted by Crippen LogP contribution is 2.29. The van der Waals surface area contributed by atoms with Crippen LogP contribution in [0.15, 0.2) is 61.4 Å². The Morgan fingerprint density at radius 2 is 1.86 bits per heavy atom. The molecule has 3 aromatic heterocycles. The van der Waals surface area contributed by atoms with Crippen LogP contribution in [0.5, 0.6) is 0 Å². The zero-order chi connectivity index (χ0) is 14.9. The number of nitrogens with zero attached hydrogens (tertiary/aromatic N) is 5. The van der Waals surface area contributed by atoms with Gasteiger partial charge in [0.05, 0.1) is 11.0 Å². The average Bonchev–Trinajstić information content (AvgIpc) is 3.00. The molecule has 5 heteroatoms. The number of benzene rings is 1. The van der Waals surface area contributed by atoms with E-state index in [1.54, 1.807) is 18.9 Å². The molecule has 4 rings (SSSR count). The summed E-state index contributed by atoms with van der Waals surface area (Å²) >= 11 is 0. The summed E-state index contributed by atoms with van der Waals surface area (Å²) in [6, 6.07) is 11.9. The fourth-order valence-corrected chi connectivity index (χ4v) is 2.59. The van der Waals surface area contributed by atoms with Gasteiger partial charge in [0.1, 0.15) is 18.5 Å². The van der Waals surface area contributed by atoms with E-state index >= 15 is 0 Å². The van der Waals surface area contributed by atoms with Crippen LogP contribution in [0.3, 0.4) is 0 Å². The molecule has 0 aliphatic rings. The van der Waals surface area contributed by atoms with Gasteiger partial charge in [0, 0.05) is 29.2 Å². The first-order valence-electron chi connectivity index (χ1n) is 6.99. The van der Waals surface area contributed by atoms with Crippen molar-refractivity contribution in [1.29, 1.82) is 0 Å². The topological polar surface area (TPSA) is 56.5 Å². The molecule has 0 radical (unpaired) electrons. The first-order chi connectivity index (χ1) is 10.8. The van der Waals surface area contributed by atoms with E-state index in [2.05, 4.69) is 19.9 Å². The SMILES string of the molecule is Cc1ncncc1-c1cccc2c1ncn2-c1ccccn1. The molecule has 0 aliphatic carbocycles. The van der Waals surface area contributed by atoms with Gasteiger partial charge in [-0.15, -0.1) is 0 Å². The van der Waals surface area contributed by atoms with Gasteiger partial charge in [-0.25, -0.2) is 19.9 Å². The Morgan fingerprint density at radius 3 is 2.68 bits per heavy atom. The van der Waals surface area contributed by atoms with Crippen molar-refractivity contribution in [3.8, 4) is 16.9 Å². The summed E-state index contributed by atoms with van der Waals surface area (Å²) in [6.45, 7) is 1.98. The lowest BCUT2D eigenvalue weighted by molar-refractivity contribution is 1.02. The van der Waals surface area contributed by atoms with Gasteiger partial charge in [0.25, 0.3) is 0 Å². The fourth-order valence-electron chi connectivity index (χ4n) is 2.59. The average molecular weight is 287 g/mol. The number of pyridine rings is 1. The number of aryl methyl sites for hydroxylation is 1. The first kappa shape index (κ1) is 12.6. The van der Waals surface area contributed by atoms with Gasteiger partial charge in [-0.1, -0.05) is 18.2 Å². The smallest absolute Gasteiger partial charge is 0.138 e. The molecule has 0 saturated heterocycles. The van der Waals surface area contributed by atoms with Gasteiger partial charge in [0.15, 0.2) is 0 Å². The summed E-state index contributed by atoms with van der Waals surface area (Å²) in [4.78, 5) is 17.4. The molecular weight excluding hydrogens is 274 g/mol. The number of hydrogen-bond donors (Lipinski definition) is 0. The summed E-state index contributed by atoms with van der Waals surface area (Å²) in [7, 11) is 0. The predicted octanol–water partition coefficient (Wildman–Crippen LogP) is 3.19. The largest absolute Gasteiger partial charge is 0.283 e. The van der Waals surface area contributed by atoms with Crippen molar-refractivity contribution in [2.75, 3.05) is 0 Å². The number of hydrogen-bond acceptors (Lipinski definition) is 4. The van der Waals surface area contributed by atoms with Crippen LogP contribution in [0.1, 0.15) is 5.69 Å². The van der Waals surface area contributed by atoms with Gasteiger partial charge in [0.2, 0.25) is 0 Å². The van der Waals surface area contributed by atoms with Crippen molar-refractivity contribution < 1.29 is 0 Å². The van der Waals surface area contributed by atoms with Crippen LogP contribution in [0.4, 0.5) is 0 Å². The van der Waals surface area contributed by atoms with Crippen molar-refractivity contribution in [3.63, 3.8) is 0 Å². The second-order valence-corrected chi connectivity index (χ2v) is 5.00. The van der Waals surface area contributed by atoms with Gasteiger partial charge in [-0.05, 0) is 25.1 Å². The lowest BCUT2D eigenvalue weighted by Crippen LogP contribution is -1.95. The van der Waals surface area contributed by atoms with E-state index in [9.17, 15) is 0 Å². The van der Waals surface area contributed by atoms with Gasteiger partial charge < -0.3 is 0 Å². The molecule has 0 saturated carbocycles. The van der Waals surface area contributed by atoms with Crippen LogP contribution in [-0.4, -0.2) is 24.5 Å². The fraction of sp³-hybridized carbons (Fsp3) is 0.0588. The first-order valence-corrected chi connectivity index (χ1v) is 6.99. The third-order valence-electron chi connectivity index (χ3n) is 3.67. The van der Waals surface area contributed by atoms with E-state index in [0.29, 0.717) is 0 Å². The Hall–Kier alpha value is -3.08. The molecule has 0 atom stereocenters. The van der Waals surface area contributed by atoms with Crippen molar-refractivity contribution in [3.05, 3.63) is 67.1 Å². The monoisotopic (exact) mass is 287 g/mol. The molecule has 0 fully saturated rings. The third-order valence-corrected chi connectivity index (χ3v) is 3.67. The van der Waals surface area contributed by atoms with Crippen molar-refractivity contribution in [1.82, 2.24) is 24.5 Å². The van der Waals surface area contributed by atoms with Gasteiger partial charge in [-0.2, -0.15) is 0 Å². The molecule has 22 heavy (non-hydrogen) atoms. The molecule has 0 unspecified atom stereocenters. The zero-order valence-corrected chi connectivity index (χ0v) is 12.0. The summed E-state index contributed by atoms with van der Waals surface area (Å²) in [6.07, 6.45) is 6.97. The van der Waals surface area contributed by atoms with Crippen molar-refractivity contribution >= 4 is 11.0 Å². The normalized spacial score (nSPS) is 11.0. The Labute approximate surface area is 127 Å². The van der Waals surface area contributed by atoms with Crippen LogP contribution in [0.25, 0.3) is 28.0 Å². The summed E-state index contributed by atoms with van der Waals surface area (Å²) in [5, 5.41) is 0. The van der Waals surface area contributed by atoms with Crippen molar-refractivity contribution in [2.45, 2.75) is 6.92 Å². The number of aromatic nitrogens is 5. The summed E-state index contributed by atoms with van der Waals surface area (Å²) in [5.74, 6) is 0.850. The lowest BCUT2D eigenvalue weighted by atomic mass is 10.0. The minimum atomic E-state index is 0.850. The quantitative estimate of drug-likeness (QED) is 0.568.